The van der Waals surface area contributed by atoms with Gasteiger partial charge < -0.3 is 10.1 Å². The van der Waals surface area contributed by atoms with Crippen molar-refractivity contribution >= 4 is 0 Å². The quantitative estimate of drug-likeness (QED) is 0.729. The van der Waals surface area contributed by atoms with Crippen LogP contribution in [-0.4, -0.2) is 25.8 Å². The van der Waals surface area contributed by atoms with Crippen molar-refractivity contribution in [2.75, 3.05) is 13.7 Å². The Morgan fingerprint density at radius 3 is 2.73 bits per heavy atom. The van der Waals surface area contributed by atoms with Crippen molar-refractivity contribution in [3.8, 4) is 0 Å². The van der Waals surface area contributed by atoms with Gasteiger partial charge in [-0.05, 0) is 51.5 Å². The molecule has 0 bridgehead atoms. The highest BCUT2D eigenvalue weighted by molar-refractivity contribution is 4.80. The van der Waals surface area contributed by atoms with Gasteiger partial charge in [-0.25, -0.2) is 0 Å². The molecule has 0 aromatic heterocycles. The molecule has 1 saturated heterocycles. The van der Waals surface area contributed by atoms with Crippen molar-refractivity contribution in [2.45, 2.75) is 63.5 Å². The van der Waals surface area contributed by atoms with E-state index >= 15 is 0 Å². The van der Waals surface area contributed by atoms with E-state index in [0.717, 1.165) is 18.6 Å². The Morgan fingerprint density at radius 1 is 1.27 bits per heavy atom. The summed E-state index contributed by atoms with van der Waals surface area (Å²) in [4.78, 5) is 0. The molecule has 15 heavy (non-hydrogen) atoms. The van der Waals surface area contributed by atoms with Crippen LogP contribution >= 0.6 is 0 Å². The lowest BCUT2D eigenvalue weighted by Crippen LogP contribution is -2.28. The Labute approximate surface area is 93.8 Å². The Balaban J connectivity index is 1.60. The monoisotopic (exact) mass is 211 g/mol. The Kier molecular flexibility index (Phi) is 4.45. The maximum atomic E-state index is 5.77. The molecule has 88 valence electrons. The van der Waals surface area contributed by atoms with E-state index in [-0.39, 0.29) is 0 Å². The van der Waals surface area contributed by atoms with Gasteiger partial charge in [-0.3, -0.25) is 0 Å². The van der Waals surface area contributed by atoms with Crippen molar-refractivity contribution in [1.29, 1.82) is 0 Å². The van der Waals surface area contributed by atoms with E-state index in [2.05, 4.69) is 12.4 Å². The van der Waals surface area contributed by atoms with E-state index in [1.807, 2.05) is 0 Å². The molecule has 0 aromatic rings. The van der Waals surface area contributed by atoms with Gasteiger partial charge in [-0.1, -0.05) is 12.8 Å². The summed E-state index contributed by atoms with van der Waals surface area (Å²) in [5.41, 5.74) is 0. The molecular weight excluding hydrogens is 186 g/mol. The van der Waals surface area contributed by atoms with Crippen molar-refractivity contribution in [2.24, 2.45) is 5.92 Å². The van der Waals surface area contributed by atoms with Crippen LogP contribution in [-0.2, 0) is 4.74 Å². The normalized spacial score (nSPS) is 29.0. The summed E-state index contributed by atoms with van der Waals surface area (Å²) in [6.45, 7) is 0.998. The van der Waals surface area contributed by atoms with Crippen LogP contribution in [0.4, 0.5) is 0 Å². The van der Waals surface area contributed by atoms with Crippen molar-refractivity contribution < 1.29 is 4.74 Å². The van der Waals surface area contributed by atoms with Gasteiger partial charge in [0.15, 0.2) is 0 Å². The van der Waals surface area contributed by atoms with Gasteiger partial charge in [-0.2, -0.15) is 0 Å². The van der Waals surface area contributed by atoms with E-state index in [1.54, 1.807) is 0 Å². The predicted molar refractivity (Wildman–Crippen MR) is 63.0 cm³/mol. The second kappa shape index (κ2) is 5.86. The summed E-state index contributed by atoms with van der Waals surface area (Å²) in [7, 11) is 2.11. The van der Waals surface area contributed by atoms with Gasteiger partial charge >= 0.3 is 0 Å². The molecule has 1 aliphatic heterocycles. The van der Waals surface area contributed by atoms with Crippen molar-refractivity contribution in [3.63, 3.8) is 0 Å². The van der Waals surface area contributed by atoms with E-state index in [9.17, 15) is 0 Å². The zero-order valence-electron chi connectivity index (χ0n) is 10.0. The average Bonchev–Trinajstić information content (AvgIpc) is 3.09. The van der Waals surface area contributed by atoms with Crippen molar-refractivity contribution in [3.05, 3.63) is 0 Å². The minimum Gasteiger partial charge on any atom is -0.378 e. The third kappa shape index (κ3) is 4.12. The van der Waals surface area contributed by atoms with Crippen LogP contribution < -0.4 is 5.32 Å². The molecule has 2 fully saturated rings. The molecule has 2 rings (SSSR count). The fraction of sp³-hybridized carbons (Fsp3) is 1.00. The van der Waals surface area contributed by atoms with Gasteiger partial charge in [0, 0.05) is 12.6 Å². The van der Waals surface area contributed by atoms with Crippen LogP contribution in [0.3, 0.4) is 0 Å². The summed E-state index contributed by atoms with van der Waals surface area (Å²) in [6, 6.07) is 0.739. The van der Waals surface area contributed by atoms with Crippen LogP contribution in [0.5, 0.6) is 0 Å². The number of ether oxygens (including phenoxy) is 1. The van der Waals surface area contributed by atoms with Crippen LogP contribution in [0.15, 0.2) is 0 Å². The first kappa shape index (κ1) is 11.4. The summed E-state index contributed by atoms with van der Waals surface area (Å²) >= 11 is 0. The first-order valence-corrected chi connectivity index (χ1v) is 6.67. The molecule has 0 radical (unpaired) electrons. The molecule has 0 aromatic carbocycles. The molecule has 1 heterocycles. The fourth-order valence-electron chi connectivity index (χ4n) is 2.56. The molecule has 1 aliphatic carbocycles. The predicted octanol–water partition coefficient (Wildman–Crippen LogP) is 2.72. The highest BCUT2D eigenvalue weighted by Crippen LogP contribution is 2.34. The summed E-state index contributed by atoms with van der Waals surface area (Å²) in [5, 5.41) is 3.46. The zero-order valence-corrected chi connectivity index (χ0v) is 10.0. The Hall–Kier alpha value is -0.0800. The molecule has 1 N–H and O–H groups in total. The van der Waals surface area contributed by atoms with Crippen molar-refractivity contribution in [1.82, 2.24) is 5.32 Å². The Morgan fingerprint density at radius 2 is 2.13 bits per heavy atom. The van der Waals surface area contributed by atoms with E-state index in [4.69, 9.17) is 4.74 Å². The lowest BCUT2D eigenvalue weighted by atomic mass is 9.99. The summed E-state index contributed by atoms with van der Waals surface area (Å²) in [5.74, 6) is 1.04. The highest BCUT2D eigenvalue weighted by atomic mass is 16.5. The second-order valence-electron chi connectivity index (χ2n) is 5.23. The first-order chi connectivity index (χ1) is 7.38. The maximum absolute atomic E-state index is 5.77. The van der Waals surface area contributed by atoms with Gasteiger partial charge in [0.25, 0.3) is 0 Å². The third-order valence-corrected chi connectivity index (χ3v) is 3.83. The highest BCUT2D eigenvalue weighted by Gasteiger charge is 2.25. The molecule has 2 atom stereocenters. The zero-order chi connectivity index (χ0) is 10.5. The molecule has 2 aliphatic rings. The average molecular weight is 211 g/mol. The molecule has 0 amide bonds. The maximum Gasteiger partial charge on any atom is 0.0575 e. The van der Waals surface area contributed by atoms with Crippen LogP contribution in [0.25, 0.3) is 0 Å². The number of rotatable bonds is 6. The van der Waals surface area contributed by atoms with Gasteiger partial charge in [0.1, 0.15) is 0 Å². The third-order valence-electron chi connectivity index (χ3n) is 3.83. The molecular formula is C13H25NO. The van der Waals surface area contributed by atoms with Crippen LogP contribution in [0.1, 0.15) is 51.4 Å². The standard InChI is InChI=1S/C13H25NO/c1-14-12(10-11-5-6-11)7-8-13-4-2-3-9-15-13/h11-14H,2-10H2,1H3. The molecule has 2 unspecified atom stereocenters. The molecule has 2 nitrogen and oxygen atoms in total. The summed E-state index contributed by atoms with van der Waals surface area (Å²) in [6.07, 6.45) is 11.4. The number of hydrogen-bond acceptors (Lipinski definition) is 2. The smallest absolute Gasteiger partial charge is 0.0575 e. The van der Waals surface area contributed by atoms with E-state index < -0.39 is 0 Å². The van der Waals surface area contributed by atoms with Gasteiger partial charge in [0.05, 0.1) is 6.10 Å². The number of hydrogen-bond donors (Lipinski definition) is 1. The minimum atomic E-state index is 0.564. The topological polar surface area (TPSA) is 21.3 Å². The summed E-state index contributed by atoms with van der Waals surface area (Å²) < 4.78 is 5.77. The van der Waals surface area contributed by atoms with E-state index in [1.165, 1.54) is 51.4 Å². The largest absolute Gasteiger partial charge is 0.378 e. The lowest BCUT2D eigenvalue weighted by molar-refractivity contribution is 0.00848. The molecule has 1 saturated carbocycles. The van der Waals surface area contributed by atoms with Gasteiger partial charge in [-0.15, -0.1) is 0 Å². The number of nitrogens with one attached hydrogen (secondary N) is 1. The SMILES string of the molecule is CNC(CCC1CCCCO1)CC1CC1. The lowest BCUT2D eigenvalue weighted by Gasteiger charge is -2.24. The van der Waals surface area contributed by atoms with Crippen LogP contribution in [0, 0.1) is 5.92 Å². The second-order valence-corrected chi connectivity index (χ2v) is 5.23. The van der Waals surface area contributed by atoms with Gasteiger partial charge in [0.2, 0.25) is 0 Å². The fourth-order valence-corrected chi connectivity index (χ4v) is 2.56. The molecule has 2 heteroatoms. The first-order valence-electron chi connectivity index (χ1n) is 6.67. The Bertz CT molecular complexity index is 173. The van der Waals surface area contributed by atoms with E-state index in [0.29, 0.717) is 6.10 Å². The van der Waals surface area contributed by atoms with Crippen LogP contribution in [0.2, 0.25) is 0 Å². The minimum absolute atomic E-state index is 0.564. The molecule has 0 spiro atoms.